The fourth-order valence-electron chi connectivity index (χ4n) is 1.97. The topological polar surface area (TPSA) is 54.8 Å². The third kappa shape index (κ3) is 1.65. The average Bonchev–Trinajstić information content (AvgIpc) is 2.92. The number of fused-ring (bicyclic) bond motifs is 1. The molecule has 0 bridgehead atoms. The van der Waals surface area contributed by atoms with Crippen LogP contribution in [0.5, 0.6) is 0 Å². The Bertz CT molecular complexity index is 551. The molecule has 2 radical (unpaired) electrons. The Labute approximate surface area is 101 Å². The third-order valence-corrected chi connectivity index (χ3v) is 2.81. The molecule has 3 heterocycles. The molecule has 6 heteroatoms. The lowest BCUT2D eigenvalue weighted by Gasteiger charge is -2.05. The van der Waals surface area contributed by atoms with Gasteiger partial charge in [0.15, 0.2) is 5.82 Å². The summed E-state index contributed by atoms with van der Waals surface area (Å²) in [5.74, 6) is 0.791. The van der Waals surface area contributed by atoms with Crippen molar-refractivity contribution in [2.24, 2.45) is 0 Å². The summed E-state index contributed by atoms with van der Waals surface area (Å²) in [6, 6.07) is 1.68. The standard InChI is InChI=1S/C11H12BN5/c1-2-17-6-7(5-14-17)8-3-4-13-10-9(8)15-11(12)16-10/h3-6,11,15H,2H2,1H3,(H,13,16). The molecule has 1 aliphatic rings. The molecule has 0 saturated heterocycles. The largest absolute Gasteiger partial charge is 0.370 e. The molecule has 1 aliphatic heterocycles. The van der Waals surface area contributed by atoms with E-state index in [2.05, 4.69) is 27.6 Å². The first-order chi connectivity index (χ1) is 8.28. The van der Waals surface area contributed by atoms with Crippen LogP contribution in [0.2, 0.25) is 0 Å². The number of hydrogen-bond acceptors (Lipinski definition) is 4. The van der Waals surface area contributed by atoms with Gasteiger partial charge in [0.25, 0.3) is 0 Å². The van der Waals surface area contributed by atoms with Gasteiger partial charge in [-0.1, -0.05) is 0 Å². The van der Waals surface area contributed by atoms with Gasteiger partial charge in [0.2, 0.25) is 0 Å². The maximum atomic E-state index is 5.78. The molecule has 84 valence electrons. The van der Waals surface area contributed by atoms with Gasteiger partial charge >= 0.3 is 0 Å². The van der Waals surface area contributed by atoms with E-state index in [0.29, 0.717) is 0 Å². The highest BCUT2D eigenvalue weighted by molar-refractivity contribution is 6.16. The van der Waals surface area contributed by atoms with E-state index in [9.17, 15) is 0 Å². The van der Waals surface area contributed by atoms with Gasteiger partial charge in [0, 0.05) is 30.1 Å². The Balaban J connectivity index is 2.07. The monoisotopic (exact) mass is 225 g/mol. The van der Waals surface area contributed by atoms with Gasteiger partial charge in [0.1, 0.15) is 7.85 Å². The number of aryl methyl sites for hydroxylation is 1. The van der Waals surface area contributed by atoms with E-state index < -0.39 is 0 Å². The van der Waals surface area contributed by atoms with Crippen molar-refractivity contribution < 1.29 is 0 Å². The molecule has 17 heavy (non-hydrogen) atoms. The van der Waals surface area contributed by atoms with Crippen molar-refractivity contribution in [2.75, 3.05) is 10.6 Å². The Hall–Kier alpha value is -1.98. The quantitative estimate of drug-likeness (QED) is 0.755. The first kappa shape index (κ1) is 10.2. The fraction of sp³-hybridized carbons (Fsp3) is 0.273. The summed E-state index contributed by atoms with van der Waals surface area (Å²) in [5, 5.41) is 10.5. The number of pyridine rings is 1. The molecule has 2 N–H and O–H groups in total. The zero-order valence-corrected chi connectivity index (χ0v) is 9.51. The molecular formula is C11H12BN5. The molecule has 2 aromatic rings. The summed E-state index contributed by atoms with van der Waals surface area (Å²) >= 11 is 0. The highest BCUT2D eigenvalue weighted by Gasteiger charge is 2.20. The lowest BCUT2D eigenvalue weighted by atomic mass is 10.1. The number of rotatable bonds is 2. The van der Waals surface area contributed by atoms with Crippen molar-refractivity contribution in [1.29, 1.82) is 0 Å². The van der Waals surface area contributed by atoms with Gasteiger partial charge in [-0.2, -0.15) is 5.10 Å². The van der Waals surface area contributed by atoms with Crippen LogP contribution in [0.4, 0.5) is 11.5 Å². The van der Waals surface area contributed by atoms with E-state index in [4.69, 9.17) is 7.85 Å². The molecule has 3 rings (SSSR count). The molecule has 0 fully saturated rings. The molecule has 5 nitrogen and oxygen atoms in total. The number of nitrogens with zero attached hydrogens (tertiary/aromatic N) is 3. The van der Waals surface area contributed by atoms with Gasteiger partial charge in [-0.25, -0.2) is 4.98 Å². The van der Waals surface area contributed by atoms with Crippen LogP contribution in [-0.2, 0) is 6.54 Å². The lowest BCUT2D eigenvalue weighted by molar-refractivity contribution is 0.660. The molecule has 0 aromatic carbocycles. The Morgan fingerprint density at radius 1 is 1.47 bits per heavy atom. The smallest absolute Gasteiger partial charge is 0.150 e. The van der Waals surface area contributed by atoms with E-state index in [1.165, 1.54) is 0 Å². The van der Waals surface area contributed by atoms with Crippen molar-refractivity contribution in [3.8, 4) is 11.1 Å². The molecule has 0 spiro atoms. The van der Waals surface area contributed by atoms with Gasteiger partial charge in [-0.3, -0.25) is 4.68 Å². The molecular weight excluding hydrogens is 213 g/mol. The van der Waals surface area contributed by atoms with Crippen molar-refractivity contribution in [3.63, 3.8) is 0 Å². The Kier molecular flexibility index (Phi) is 2.28. The SMILES string of the molecule is [B]C1Nc2nccc(-c3cnn(CC)c3)c2N1. The maximum absolute atomic E-state index is 5.78. The Morgan fingerprint density at radius 3 is 3.12 bits per heavy atom. The van der Waals surface area contributed by atoms with Crippen LogP contribution in [0.3, 0.4) is 0 Å². The van der Waals surface area contributed by atoms with Crippen LogP contribution >= 0.6 is 0 Å². The number of anilines is 2. The first-order valence-corrected chi connectivity index (χ1v) is 5.58. The van der Waals surface area contributed by atoms with Crippen molar-refractivity contribution in [2.45, 2.75) is 19.5 Å². The molecule has 0 saturated carbocycles. The van der Waals surface area contributed by atoms with E-state index >= 15 is 0 Å². The summed E-state index contributed by atoms with van der Waals surface area (Å²) in [6.45, 7) is 2.92. The zero-order chi connectivity index (χ0) is 11.8. The van der Waals surface area contributed by atoms with Crippen LogP contribution in [0.1, 0.15) is 6.92 Å². The van der Waals surface area contributed by atoms with E-state index in [1.54, 1.807) is 6.20 Å². The summed E-state index contributed by atoms with van der Waals surface area (Å²) in [7, 11) is 5.78. The predicted octanol–water partition coefficient (Wildman–Crippen LogP) is 1.25. The predicted molar refractivity (Wildman–Crippen MR) is 67.9 cm³/mol. The van der Waals surface area contributed by atoms with Crippen molar-refractivity contribution in [1.82, 2.24) is 14.8 Å². The second-order valence-electron chi connectivity index (χ2n) is 3.93. The number of aromatic nitrogens is 3. The first-order valence-electron chi connectivity index (χ1n) is 5.58. The average molecular weight is 225 g/mol. The van der Waals surface area contributed by atoms with E-state index in [0.717, 1.165) is 29.2 Å². The van der Waals surface area contributed by atoms with E-state index in [1.807, 2.05) is 23.1 Å². The van der Waals surface area contributed by atoms with Crippen LogP contribution in [-0.4, -0.2) is 28.7 Å². The van der Waals surface area contributed by atoms with Crippen LogP contribution in [0.15, 0.2) is 24.7 Å². The van der Waals surface area contributed by atoms with Gasteiger partial charge in [-0.15, -0.1) is 0 Å². The third-order valence-electron chi connectivity index (χ3n) is 2.81. The highest BCUT2D eigenvalue weighted by atomic mass is 15.3. The summed E-state index contributed by atoms with van der Waals surface area (Å²) in [5.41, 5.74) is 3.07. The van der Waals surface area contributed by atoms with Gasteiger partial charge in [-0.05, 0) is 13.0 Å². The molecule has 0 amide bonds. The van der Waals surface area contributed by atoms with Crippen molar-refractivity contribution in [3.05, 3.63) is 24.7 Å². The van der Waals surface area contributed by atoms with Gasteiger partial charge in [0.05, 0.1) is 17.9 Å². The highest BCUT2D eigenvalue weighted by Crippen LogP contribution is 2.35. The minimum Gasteiger partial charge on any atom is -0.370 e. The maximum Gasteiger partial charge on any atom is 0.150 e. The van der Waals surface area contributed by atoms with Crippen LogP contribution < -0.4 is 10.6 Å². The van der Waals surface area contributed by atoms with E-state index in [-0.39, 0.29) is 6.07 Å². The second-order valence-corrected chi connectivity index (χ2v) is 3.93. The van der Waals surface area contributed by atoms with Crippen molar-refractivity contribution >= 4 is 19.4 Å². The number of hydrogen-bond donors (Lipinski definition) is 2. The molecule has 0 aliphatic carbocycles. The normalized spacial score (nSPS) is 17.4. The number of nitrogens with one attached hydrogen (secondary N) is 2. The summed E-state index contributed by atoms with van der Waals surface area (Å²) in [4.78, 5) is 4.24. The fourth-order valence-corrected chi connectivity index (χ4v) is 1.97. The summed E-state index contributed by atoms with van der Waals surface area (Å²) < 4.78 is 1.89. The van der Waals surface area contributed by atoms with Gasteiger partial charge < -0.3 is 10.6 Å². The minimum atomic E-state index is -0.278. The Morgan fingerprint density at radius 2 is 2.35 bits per heavy atom. The second kappa shape index (κ2) is 3.80. The summed E-state index contributed by atoms with van der Waals surface area (Å²) in [6.07, 6.45) is 5.63. The molecule has 1 atom stereocenters. The zero-order valence-electron chi connectivity index (χ0n) is 9.51. The lowest BCUT2D eigenvalue weighted by Crippen LogP contribution is -2.21. The van der Waals surface area contributed by atoms with Crippen LogP contribution in [0.25, 0.3) is 11.1 Å². The minimum absolute atomic E-state index is 0.278. The molecule has 1 unspecified atom stereocenters. The molecule has 2 aromatic heterocycles. The van der Waals surface area contributed by atoms with Crippen LogP contribution in [0, 0.1) is 0 Å².